The molecule has 4 heterocycles. The summed E-state index contributed by atoms with van der Waals surface area (Å²) in [4.78, 5) is 27.5. The topological polar surface area (TPSA) is 87.7 Å². The fraction of sp³-hybridized carbons (Fsp3) is 0.391. The summed E-state index contributed by atoms with van der Waals surface area (Å²) >= 11 is 2.80. The van der Waals surface area contributed by atoms with E-state index in [9.17, 15) is 9.59 Å². The SMILES string of the molecule is COC(=O)CSc1nnc2n(Cc3ccccc3)c(=O)c3c4c(sc3n12)COC(C(C)C)C4. The van der Waals surface area contributed by atoms with Crippen molar-refractivity contribution in [2.45, 2.75) is 44.7 Å². The molecule has 0 N–H and O–H groups in total. The highest BCUT2D eigenvalue weighted by molar-refractivity contribution is 7.99. The molecule has 1 aromatic carbocycles. The van der Waals surface area contributed by atoms with Gasteiger partial charge >= 0.3 is 5.97 Å². The van der Waals surface area contributed by atoms with Gasteiger partial charge in [-0.2, -0.15) is 0 Å². The van der Waals surface area contributed by atoms with Crippen LogP contribution in [0.5, 0.6) is 0 Å². The molecule has 5 rings (SSSR count). The van der Waals surface area contributed by atoms with Gasteiger partial charge in [0.2, 0.25) is 5.78 Å². The summed E-state index contributed by atoms with van der Waals surface area (Å²) in [5, 5.41) is 9.94. The number of carbonyl (C=O) groups is 1. The van der Waals surface area contributed by atoms with Gasteiger partial charge in [0.25, 0.3) is 5.56 Å². The van der Waals surface area contributed by atoms with Gasteiger partial charge < -0.3 is 9.47 Å². The maximum atomic E-state index is 13.8. The average molecular weight is 485 g/mol. The van der Waals surface area contributed by atoms with Crippen molar-refractivity contribution in [2.75, 3.05) is 12.9 Å². The number of benzene rings is 1. The van der Waals surface area contributed by atoms with Crippen LogP contribution < -0.4 is 5.56 Å². The van der Waals surface area contributed by atoms with Crippen LogP contribution in [0, 0.1) is 5.92 Å². The molecule has 0 bridgehead atoms. The van der Waals surface area contributed by atoms with Crippen molar-refractivity contribution in [3.63, 3.8) is 0 Å². The van der Waals surface area contributed by atoms with Crippen LogP contribution in [0.25, 0.3) is 16.0 Å². The largest absolute Gasteiger partial charge is 0.468 e. The first-order chi connectivity index (χ1) is 16.0. The Morgan fingerprint density at radius 1 is 1.30 bits per heavy atom. The third-order valence-corrected chi connectivity index (χ3v) is 7.99. The zero-order chi connectivity index (χ0) is 23.1. The Labute approximate surface area is 198 Å². The van der Waals surface area contributed by atoms with Gasteiger partial charge in [-0.15, -0.1) is 21.5 Å². The minimum Gasteiger partial charge on any atom is -0.468 e. The molecule has 0 aliphatic carbocycles. The molecule has 8 nitrogen and oxygen atoms in total. The predicted molar refractivity (Wildman–Crippen MR) is 128 cm³/mol. The van der Waals surface area contributed by atoms with Crippen LogP contribution in [0.1, 0.15) is 29.9 Å². The van der Waals surface area contributed by atoms with Crippen molar-refractivity contribution < 1.29 is 14.3 Å². The van der Waals surface area contributed by atoms with Crippen molar-refractivity contribution in [2.24, 2.45) is 5.92 Å². The second-order valence-corrected chi connectivity index (χ2v) is 10.4. The van der Waals surface area contributed by atoms with Crippen molar-refractivity contribution in [1.82, 2.24) is 19.2 Å². The molecule has 1 aliphatic rings. The van der Waals surface area contributed by atoms with Crippen LogP contribution in [-0.4, -0.2) is 44.1 Å². The molecule has 10 heteroatoms. The molecule has 0 saturated heterocycles. The van der Waals surface area contributed by atoms with E-state index in [-0.39, 0.29) is 23.4 Å². The molecule has 172 valence electrons. The Kier molecular flexibility index (Phi) is 5.98. The summed E-state index contributed by atoms with van der Waals surface area (Å²) < 4.78 is 14.4. The highest BCUT2D eigenvalue weighted by atomic mass is 32.2. The second kappa shape index (κ2) is 8.92. The van der Waals surface area contributed by atoms with Gasteiger partial charge in [0.05, 0.1) is 37.5 Å². The number of esters is 1. The van der Waals surface area contributed by atoms with Crippen molar-refractivity contribution >= 4 is 45.1 Å². The number of hydrogen-bond acceptors (Lipinski definition) is 8. The third kappa shape index (κ3) is 3.96. The van der Waals surface area contributed by atoms with Crippen LogP contribution in [0.2, 0.25) is 0 Å². The lowest BCUT2D eigenvalue weighted by Crippen LogP contribution is -2.28. The monoisotopic (exact) mass is 484 g/mol. The Morgan fingerprint density at radius 3 is 2.82 bits per heavy atom. The van der Waals surface area contributed by atoms with Gasteiger partial charge in [0.1, 0.15) is 4.83 Å². The van der Waals surface area contributed by atoms with Gasteiger partial charge in [0, 0.05) is 11.3 Å². The minimum absolute atomic E-state index is 0.0693. The fourth-order valence-electron chi connectivity index (χ4n) is 4.10. The molecule has 1 unspecified atom stereocenters. The van der Waals surface area contributed by atoms with Crippen LogP contribution in [0.15, 0.2) is 40.3 Å². The lowest BCUT2D eigenvalue weighted by Gasteiger charge is -2.26. The highest BCUT2D eigenvalue weighted by Gasteiger charge is 2.30. The number of thiophene rings is 1. The number of fused-ring (bicyclic) bond motifs is 5. The molecule has 0 radical (unpaired) electrons. The number of ether oxygens (including phenoxy) is 2. The molecule has 3 aromatic heterocycles. The lowest BCUT2D eigenvalue weighted by molar-refractivity contribution is -0.137. The summed E-state index contributed by atoms with van der Waals surface area (Å²) in [5.41, 5.74) is 1.99. The van der Waals surface area contributed by atoms with Crippen LogP contribution >= 0.6 is 23.1 Å². The third-order valence-electron chi connectivity index (χ3n) is 5.90. The number of methoxy groups -OCH3 is 1. The first kappa shape index (κ1) is 22.1. The van der Waals surface area contributed by atoms with E-state index in [0.29, 0.717) is 41.8 Å². The average Bonchev–Trinajstić information content (AvgIpc) is 3.41. The molecule has 0 saturated carbocycles. The number of thioether (sulfide) groups is 1. The highest BCUT2D eigenvalue weighted by Crippen LogP contribution is 2.37. The first-order valence-corrected chi connectivity index (χ1v) is 12.6. The molecule has 4 aromatic rings. The predicted octanol–water partition coefficient (Wildman–Crippen LogP) is 3.52. The first-order valence-electron chi connectivity index (χ1n) is 10.7. The summed E-state index contributed by atoms with van der Waals surface area (Å²) in [7, 11) is 1.36. The number of hydrogen-bond donors (Lipinski definition) is 0. The maximum absolute atomic E-state index is 13.8. The van der Waals surface area contributed by atoms with Crippen molar-refractivity contribution in [1.29, 1.82) is 0 Å². The second-order valence-electron chi connectivity index (χ2n) is 8.34. The summed E-state index contributed by atoms with van der Waals surface area (Å²) in [6, 6.07) is 9.83. The van der Waals surface area contributed by atoms with Gasteiger partial charge in [-0.1, -0.05) is 55.9 Å². The molecule has 0 amide bonds. The Balaban J connectivity index is 1.73. The Bertz CT molecular complexity index is 1390. The van der Waals surface area contributed by atoms with Crippen molar-refractivity contribution in [3.05, 3.63) is 56.7 Å². The lowest BCUT2D eigenvalue weighted by atomic mass is 9.96. The van der Waals surface area contributed by atoms with Gasteiger partial charge in [-0.25, -0.2) is 4.40 Å². The summed E-state index contributed by atoms with van der Waals surface area (Å²) in [6.45, 7) is 5.15. The summed E-state index contributed by atoms with van der Waals surface area (Å²) in [5.74, 6) is 0.581. The minimum atomic E-state index is -0.343. The number of rotatable bonds is 6. The molecule has 0 spiro atoms. The summed E-state index contributed by atoms with van der Waals surface area (Å²) in [6.07, 6.45) is 0.772. The number of nitrogens with zero attached hydrogens (tertiary/aromatic N) is 4. The van der Waals surface area contributed by atoms with E-state index >= 15 is 0 Å². The zero-order valence-electron chi connectivity index (χ0n) is 18.6. The van der Waals surface area contributed by atoms with Crippen LogP contribution in [0.3, 0.4) is 0 Å². The molecule has 33 heavy (non-hydrogen) atoms. The smallest absolute Gasteiger partial charge is 0.316 e. The van der Waals surface area contributed by atoms with Gasteiger partial charge in [0.15, 0.2) is 5.16 Å². The van der Waals surface area contributed by atoms with E-state index in [2.05, 4.69) is 24.0 Å². The fourth-order valence-corrected chi connectivity index (χ4v) is 6.17. The standard InChI is InChI=1S/C23H24N4O4S2/c1-13(2)16-9-15-17(11-31-16)33-21-19(15)20(29)26(10-14-7-5-4-6-8-14)22-24-25-23(27(21)22)32-12-18(28)30-3/h4-8,13,16H,9-12H2,1-3H3. The van der Waals surface area contributed by atoms with E-state index in [1.165, 1.54) is 18.9 Å². The van der Waals surface area contributed by atoms with E-state index in [4.69, 9.17) is 9.47 Å². The van der Waals surface area contributed by atoms with Gasteiger partial charge in [-0.05, 0) is 17.0 Å². The molecule has 1 aliphatic heterocycles. The Hall–Kier alpha value is -2.69. The van der Waals surface area contributed by atoms with Gasteiger partial charge in [-0.3, -0.25) is 14.2 Å². The van der Waals surface area contributed by atoms with E-state index in [1.54, 1.807) is 15.9 Å². The normalized spacial score (nSPS) is 15.9. The van der Waals surface area contributed by atoms with E-state index < -0.39 is 0 Å². The van der Waals surface area contributed by atoms with E-state index in [0.717, 1.165) is 20.8 Å². The van der Waals surface area contributed by atoms with Crippen molar-refractivity contribution in [3.8, 4) is 0 Å². The van der Waals surface area contributed by atoms with Crippen LogP contribution in [0.4, 0.5) is 0 Å². The maximum Gasteiger partial charge on any atom is 0.316 e. The molecule has 1 atom stereocenters. The molecular weight excluding hydrogens is 460 g/mol. The number of aromatic nitrogens is 4. The molecular formula is C23H24N4O4S2. The quantitative estimate of drug-likeness (QED) is 0.306. The zero-order valence-corrected chi connectivity index (χ0v) is 20.2. The number of carbonyl (C=O) groups excluding carboxylic acids is 1. The Morgan fingerprint density at radius 2 is 2.09 bits per heavy atom. The van der Waals surface area contributed by atoms with E-state index in [1.807, 2.05) is 34.7 Å². The molecule has 0 fully saturated rings. The van der Waals surface area contributed by atoms with Crippen LogP contribution in [-0.2, 0) is 33.8 Å².